The van der Waals surface area contributed by atoms with Gasteiger partial charge in [0.15, 0.2) is 5.89 Å². The van der Waals surface area contributed by atoms with E-state index >= 15 is 0 Å². The number of ether oxygens (including phenoxy) is 2. The maximum absolute atomic E-state index is 14.7. The van der Waals surface area contributed by atoms with Gasteiger partial charge in [-0.25, -0.2) is 4.98 Å². The quantitative estimate of drug-likeness (QED) is 0.0735. The summed E-state index contributed by atoms with van der Waals surface area (Å²) in [6.45, 7) is 9.11. The molecule has 3 heterocycles. The minimum Gasteiger partial charge on any atom is -0.468 e. The number of esters is 1. The van der Waals surface area contributed by atoms with Gasteiger partial charge in [-0.15, -0.1) is 0 Å². The molecule has 59 heavy (non-hydrogen) atoms. The number of methoxy groups -OCH3 is 2. The maximum Gasteiger partial charge on any atom is 0.406 e. The molecule has 6 aromatic rings. The number of pyridine rings is 1. The predicted octanol–water partition coefficient (Wildman–Crippen LogP) is 8.55. The van der Waals surface area contributed by atoms with Gasteiger partial charge in [-0.2, -0.15) is 13.2 Å². The molecular formula is C46H53F3N4O5Si. The van der Waals surface area contributed by atoms with Crippen LogP contribution in [-0.4, -0.2) is 60.1 Å². The van der Waals surface area contributed by atoms with Gasteiger partial charge in [0, 0.05) is 35.3 Å². The molecule has 3 aromatic carbocycles. The Morgan fingerprint density at radius 2 is 1.58 bits per heavy atom. The number of rotatable bonds is 16. The van der Waals surface area contributed by atoms with E-state index in [4.69, 9.17) is 19.6 Å². The van der Waals surface area contributed by atoms with Crippen LogP contribution in [0.15, 0.2) is 108 Å². The number of halogens is 3. The minimum absolute atomic E-state index is 0.00477. The van der Waals surface area contributed by atoms with Crippen LogP contribution >= 0.6 is 0 Å². The Hall–Kier alpha value is -5.08. The van der Waals surface area contributed by atoms with Gasteiger partial charge in [0.1, 0.15) is 24.5 Å². The molecule has 0 unspecified atom stereocenters. The zero-order valence-electron chi connectivity index (χ0n) is 34.6. The van der Waals surface area contributed by atoms with Crippen molar-refractivity contribution in [3.63, 3.8) is 0 Å². The number of hydrogen-bond donors (Lipinski definition) is 2. The number of carbonyl (C=O) groups is 1. The molecule has 6 rings (SSSR count). The van der Waals surface area contributed by atoms with E-state index in [0.29, 0.717) is 58.4 Å². The lowest BCUT2D eigenvalue weighted by Crippen LogP contribution is -2.65. The van der Waals surface area contributed by atoms with Gasteiger partial charge in [-0.3, -0.25) is 9.78 Å². The largest absolute Gasteiger partial charge is 0.468 e. The van der Waals surface area contributed by atoms with E-state index in [2.05, 4.69) is 37.7 Å². The number of oxazole rings is 1. The fraction of sp³-hybridized carbons (Fsp3) is 0.370. The van der Waals surface area contributed by atoms with Crippen molar-refractivity contribution < 1.29 is 36.7 Å². The molecule has 0 aliphatic rings. The van der Waals surface area contributed by atoms with Crippen LogP contribution in [0.2, 0.25) is 5.04 Å². The number of aromatic nitrogens is 3. The van der Waals surface area contributed by atoms with Crippen LogP contribution in [0, 0.1) is 5.41 Å². The van der Waals surface area contributed by atoms with Gasteiger partial charge >= 0.3 is 12.1 Å². The molecule has 0 aliphatic heterocycles. The highest BCUT2D eigenvalue weighted by Crippen LogP contribution is 2.47. The smallest absolute Gasteiger partial charge is 0.406 e. The van der Waals surface area contributed by atoms with Crippen LogP contribution in [0.1, 0.15) is 70.7 Å². The summed E-state index contributed by atoms with van der Waals surface area (Å²) in [4.78, 5) is 34.1. The van der Waals surface area contributed by atoms with Crippen molar-refractivity contribution in [2.75, 3.05) is 14.2 Å². The average molecular weight is 827 g/mol. The molecule has 0 aliphatic carbocycles. The van der Waals surface area contributed by atoms with Crippen molar-refractivity contribution in [3.05, 3.63) is 121 Å². The third-order valence-electron chi connectivity index (χ3n) is 11.5. The Kier molecular flexibility index (Phi) is 12.7. The van der Waals surface area contributed by atoms with E-state index in [1.54, 1.807) is 37.6 Å². The molecular weight excluding hydrogens is 774 g/mol. The first kappa shape index (κ1) is 43.5. The highest BCUT2D eigenvalue weighted by Gasteiger charge is 2.50. The summed E-state index contributed by atoms with van der Waals surface area (Å²) in [6, 6.07) is 27.6. The Balaban J connectivity index is 1.48. The second-order valence-corrected chi connectivity index (χ2v) is 20.6. The summed E-state index contributed by atoms with van der Waals surface area (Å²) in [5, 5.41) is 1.92. The van der Waals surface area contributed by atoms with Crippen molar-refractivity contribution in [3.8, 4) is 22.5 Å². The van der Waals surface area contributed by atoms with Crippen LogP contribution < -0.4 is 16.1 Å². The summed E-state index contributed by atoms with van der Waals surface area (Å²) in [5.74, 6) is -0.384. The molecule has 0 fully saturated rings. The molecule has 0 amide bonds. The summed E-state index contributed by atoms with van der Waals surface area (Å²) in [5.41, 5.74) is 9.17. The van der Waals surface area contributed by atoms with Gasteiger partial charge in [0.2, 0.25) is 0 Å². The minimum atomic E-state index is -4.55. The average Bonchev–Trinajstić information content (AvgIpc) is 3.80. The first-order valence-electron chi connectivity index (χ1n) is 19.7. The standard InChI is InChI=1S/C46H53F3N4O5Si/c1-30(56-6)41-34(19-14-24-51-41)42-36(27-44(2,3)22-23-45(4,5)59(55,32-15-10-8-11-16-32)33-17-12-9-13-18-33)35-25-31(20-21-39(35)53(42)29-46(47,48)49)38-28-58-40(52-38)26-37(50)43(54)57-7/h8-21,24-25,28,30,37,55H,22-23,26-27,29,50H2,1-7H3/t30-,37-/m0/s1. The monoisotopic (exact) mass is 826 g/mol. The molecule has 9 nitrogen and oxygen atoms in total. The van der Waals surface area contributed by atoms with E-state index in [0.717, 1.165) is 15.9 Å². The van der Waals surface area contributed by atoms with Gasteiger partial charge in [-0.05, 0) is 76.8 Å². The maximum atomic E-state index is 14.7. The topological polar surface area (TPSA) is 126 Å². The number of nitrogens with two attached hydrogens (primary N) is 1. The molecule has 3 aromatic heterocycles. The lowest BCUT2D eigenvalue weighted by molar-refractivity contribution is -0.142. The Morgan fingerprint density at radius 1 is 0.932 bits per heavy atom. The number of alkyl halides is 3. The van der Waals surface area contributed by atoms with Crippen molar-refractivity contribution in [1.29, 1.82) is 0 Å². The molecule has 0 saturated heterocycles. The van der Waals surface area contributed by atoms with E-state index in [1.807, 2.05) is 73.7 Å². The molecule has 312 valence electrons. The van der Waals surface area contributed by atoms with E-state index in [-0.39, 0.29) is 12.3 Å². The van der Waals surface area contributed by atoms with Crippen molar-refractivity contribution in [1.82, 2.24) is 14.5 Å². The Bertz CT molecular complexity index is 2340. The second-order valence-electron chi connectivity index (χ2n) is 16.7. The molecule has 13 heteroatoms. The van der Waals surface area contributed by atoms with Gasteiger partial charge in [0.25, 0.3) is 8.32 Å². The third-order valence-corrected chi connectivity index (χ3v) is 16.1. The number of nitrogens with zero attached hydrogens (tertiary/aromatic N) is 3. The highest BCUT2D eigenvalue weighted by molar-refractivity contribution is 6.98. The van der Waals surface area contributed by atoms with Crippen LogP contribution in [0.3, 0.4) is 0 Å². The first-order valence-corrected chi connectivity index (χ1v) is 21.7. The Morgan fingerprint density at radius 3 is 2.17 bits per heavy atom. The SMILES string of the molecule is COC(=O)[C@@H](N)Cc1nc(-c2ccc3c(c2)c(CC(C)(C)CCC(C)(C)[Si](O)(c2ccccc2)c2ccccc2)c(-c2cccnc2[C@H](C)OC)n3CC(F)(F)F)co1. The van der Waals surface area contributed by atoms with Crippen LogP contribution in [0.4, 0.5) is 13.2 Å². The summed E-state index contributed by atoms with van der Waals surface area (Å²) < 4.78 is 61.5. The summed E-state index contributed by atoms with van der Waals surface area (Å²) in [7, 11) is -0.542. The van der Waals surface area contributed by atoms with Crippen LogP contribution in [0.25, 0.3) is 33.4 Å². The number of benzene rings is 3. The molecule has 0 saturated carbocycles. The van der Waals surface area contributed by atoms with Crippen molar-refractivity contribution in [2.24, 2.45) is 11.1 Å². The lowest BCUT2D eigenvalue weighted by Gasteiger charge is -2.43. The molecule has 0 bridgehead atoms. The van der Waals surface area contributed by atoms with Crippen molar-refractivity contribution in [2.45, 2.75) is 90.2 Å². The zero-order chi connectivity index (χ0) is 42.8. The molecule has 3 N–H and O–H groups in total. The van der Waals surface area contributed by atoms with Crippen molar-refractivity contribution >= 4 is 35.6 Å². The zero-order valence-corrected chi connectivity index (χ0v) is 35.6. The van der Waals surface area contributed by atoms with E-state index < -0.39 is 49.6 Å². The lowest BCUT2D eigenvalue weighted by atomic mass is 9.78. The first-order chi connectivity index (χ1) is 27.9. The Labute approximate surface area is 344 Å². The van der Waals surface area contributed by atoms with Gasteiger partial charge in [-0.1, -0.05) is 94.4 Å². The van der Waals surface area contributed by atoms with Gasteiger partial charge < -0.3 is 29.0 Å². The third kappa shape index (κ3) is 9.23. The van der Waals surface area contributed by atoms with Crippen LogP contribution in [0.5, 0.6) is 0 Å². The fourth-order valence-electron chi connectivity index (χ4n) is 8.13. The summed E-state index contributed by atoms with van der Waals surface area (Å²) >= 11 is 0. The summed E-state index contributed by atoms with van der Waals surface area (Å²) in [6.07, 6.45) is -0.293. The van der Waals surface area contributed by atoms with Crippen LogP contribution in [-0.2, 0) is 33.7 Å². The van der Waals surface area contributed by atoms with E-state index in [9.17, 15) is 22.8 Å². The highest BCUT2D eigenvalue weighted by atomic mass is 28.4. The number of fused-ring (bicyclic) bond motifs is 1. The number of hydrogen-bond acceptors (Lipinski definition) is 8. The number of carbonyl (C=O) groups excluding carboxylic acids is 1. The normalized spacial score (nSPS) is 13.8. The van der Waals surface area contributed by atoms with Gasteiger partial charge in [0.05, 0.1) is 31.0 Å². The predicted molar refractivity (Wildman–Crippen MR) is 227 cm³/mol. The molecule has 2 atom stereocenters. The fourth-order valence-corrected chi connectivity index (χ4v) is 11.9. The molecule has 0 radical (unpaired) electrons. The second kappa shape index (κ2) is 17.3. The molecule has 0 spiro atoms. The van der Waals surface area contributed by atoms with E-state index in [1.165, 1.54) is 17.9 Å².